The van der Waals surface area contributed by atoms with E-state index in [0.29, 0.717) is 5.56 Å². The Hall–Kier alpha value is -2.07. The number of benzene rings is 2. The molecule has 1 atom stereocenters. The second kappa shape index (κ2) is 5.92. The lowest BCUT2D eigenvalue weighted by Crippen LogP contribution is -2.17. The molecule has 0 aliphatic carbocycles. The summed E-state index contributed by atoms with van der Waals surface area (Å²) in [5.74, 6) is -2.73. The fourth-order valence-electron chi connectivity index (χ4n) is 2.00. The number of rotatable bonds is 4. The van der Waals surface area contributed by atoms with E-state index in [9.17, 15) is 13.6 Å². The van der Waals surface area contributed by atoms with Crippen molar-refractivity contribution >= 4 is 5.78 Å². The molecule has 0 bridgehead atoms. The SMILES string of the molecule is COC(C(=O)c1ccc(C)c(F)c1F)c1ccccc1. The predicted molar refractivity (Wildman–Crippen MR) is 71.6 cm³/mol. The van der Waals surface area contributed by atoms with Crippen LogP contribution in [0.5, 0.6) is 0 Å². The van der Waals surface area contributed by atoms with Crippen molar-refractivity contribution in [2.75, 3.05) is 7.11 Å². The van der Waals surface area contributed by atoms with E-state index in [1.54, 1.807) is 30.3 Å². The molecule has 2 aromatic rings. The second-order valence-corrected chi connectivity index (χ2v) is 4.45. The first-order valence-electron chi connectivity index (χ1n) is 6.12. The van der Waals surface area contributed by atoms with Gasteiger partial charge in [-0.15, -0.1) is 0 Å². The van der Waals surface area contributed by atoms with Gasteiger partial charge in [-0.1, -0.05) is 36.4 Å². The first-order chi connectivity index (χ1) is 9.56. The van der Waals surface area contributed by atoms with Crippen LogP contribution in [0.1, 0.15) is 27.6 Å². The fourth-order valence-corrected chi connectivity index (χ4v) is 2.00. The van der Waals surface area contributed by atoms with Gasteiger partial charge in [-0.05, 0) is 24.1 Å². The molecule has 2 rings (SSSR count). The molecule has 0 N–H and O–H groups in total. The molecule has 0 heterocycles. The number of halogens is 2. The number of hydrogen-bond donors (Lipinski definition) is 0. The summed E-state index contributed by atoms with van der Waals surface area (Å²) in [6, 6.07) is 11.4. The average Bonchev–Trinajstić information content (AvgIpc) is 2.47. The number of carbonyl (C=O) groups is 1. The van der Waals surface area contributed by atoms with E-state index >= 15 is 0 Å². The van der Waals surface area contributed by atoms with E-state index in [1.807, 2.05) is 0 Å². The van der Waals surface area contributed by atoms with Crippen LogP contribution in [0.15, 0.2) is 42.5 Å². The van der Waals surface area contributed by atoms with E-state index in [0.717, 1.165) is 0 Å². The molecule has 20 heavy (non-hydrogen) atoms. The summed E-state index contributed by atoms with van der Waals surface area (Å²) in [5.41, 5.74) is 0.455. The third kappa shape index (κ3) is 2.60. The zero-order valence-corrected chi connectivity index (χ0v) is 11.2. The zero-order valence-electron chi connectivity index (χ0n) is 11.2. The highest BCUT2D eigenvalue weighted by molar-refractivity contribution is 6.00. The molecule has 0 spiro atoms. The Kier molecular flexibility index (Phi) is 4.25. The van der Waals surface area contributed by atoms with E-state index in [2.05, 4.69) is 0 Å². The van der Waals surface area contributed by atoms with Gasteiger partial charge in [0.25, 0.3) is 0 Å². The summed E-state index contributed by atoms with van der Waals surface area (Å²) < 4.78 is 32.6. The zero-order chi connectivity index (χ0) is 14.7. The van der Waals surface area contributed by atoms with Crippen LogP contribution >= 0.6 is 0 Å². The van der Waals surface area contributed by atoms with Gasteiger partial charge < -0.3 is 4.74 Å². The van der Waals surface area contributed by atoms with Crippen LogP contribution in [0.4, 0.5) is 8.78 Å². The Morgan fingerprint density at radius 2 is 1.70 bits per heavy atom. The molecule has 104 valence electrons. The minimum Gasteiger partial charge on any atom is -0.369 e. The van der Waals surface area contributed by atoms with Gasteiger partial charge in [0, 0.05) is 7.11 Å². The Morgan fingerprint density at radius 3 is 2.30 bits per heavy atom. The fraction of sp³-hybridized carbons (Fsp3) is 0.188. The van der Waals surface area contributed by atoms with Crippen molar-refractivity contribution in [2.24, 2.45) is 0 Å². The van der Waals surface area contributed by atoms with Crippen LogP contribution in [0, 0.1) is 18.6 Å². The van der Waals surface area contributed by atoms with Crippen LogP contribution in [0.3, 0.4) is 0 Å². The third-order valence-corrected chi connectivity index (χ3v) is 3.12. The van der Waals surface area contributed by atoms with Gasteiger partial charge in [-0.2, -0.15) is 0 Å². The summed E-state index contributed by atoms with van der Waals surface area (Å²) in [5, 5.41) is 0. The summed E-state index contributed by atoms with van der Waals surface area (Å²) in [6.07, 6.45) is -0.951. The van der Waals surface area contributed by atoms with Crippen molar-refractivity contribution in [1.82, 2.24) is 0 Å². The number of aryl methyl sites for hydroxylation is 1. The Bertz CT molecular complexity index is 624. The maximum atomic E-state index is 13.9. The van der Waals surface area contributed by atoms with Crippen LogP contribution in [0.2, 0.25) is 0 Å². The van der Waals surface area contributed by atoms with E-state index in [-0.39, 0.29) is 11.1 Å². The number of hydrogen-bond acceptors (Lipinski definition) is 2. The minimum absolute atomic E-state index is 0.160. The summed E-state index contributed by atoms with van der Waals surface area (Å²) >= 11 is 0. The summed E-state index contributed by atoms with van der Waals surface area (Å²) in [6.45, 7) is 1.44. The average molecular weight is 276 g/mol. The lowest BCUT2D eigenvalue weighted by molar-refractivity contribution is 0.0599. The van der Waals surface area contributed by atoms with Crippen molar-refractivity contribution in [2.45, 2.75) is 13.0 Å². The number of Topliss-reactive ketones (excluding diaryl/α,β-unsaturated/α-hetero) is 1. The standard InChI is InChI=1S/C16H14F2O2/c1-10-8-9-12(14(18)13(10)17)15(19)16(20-2)11-6-4-3-5-7-11/h3-9,16H,1-2H3. The molecule has 2 aromatic carbocycles. The topological polar surface area (TPSA) is 26.3 Å². The molecule has 0 aromatic heterocycles. The Labute approximate surface area is 116 Å². The first-order valence-corrected chi connectivity index (χ1v) is 6.12. The molecule has 0 radical (unpaired) electrons. The molecular weight excluding hydrogens is 262 g/mol. The van der Waals surface area contributed by atoms with Crippen molar-refractivity contribution in [3.63, 3.8) is 0 Å². The maximum Gasteiger partial charge on any atom is 0.199 e. The van der Waals surface area contributed by atoms with Gasteiger partial charge in [-0.3, -0.25) is 4.79 Å². The Balaban J connectivity index is 2.42. The summed E-state index contributed by atoms with van der Waals surface area (Å²) in [4.78, 5) is 12.3. The van der Waals surface area contributed by atoms with Gasteiger partial charge in [0.2, 0.25) is 0 Å². The van der Waals surface area contributed by atoms with Gasteiger partial charge >= 0.3 is 0 Å². The van der Waals surface area contributed by atoms with Crippen LogP contribution < -0.4 is 0 Å². The maximum absolute atomic E-state index is 13.9. The molecule has 0 fully saturated rings. The predicted octanol–water partition coefficient (Wildman–Crippen LogP) is 3.84. The number of carbonyl (C=O) groups excluding carboxylic acids is 1. The van der Waals surface area contributed by atoms with Crippen LogP contribution in [0.25, 0.3) is 0 Å². The van der Waals surface area contributed by atoms with Crippen LogP contribution in [-0.4, -0.2) is 12.9 Å². The highest BCUT2D eigenvalue weighted by Crippen LogP contribution is 2.25. The molecule has 2 nitrogen and oxygen atoms in total. The molecule has 1 unspecified atom stereocenters. The minimum atomic E-state index is -1.13. The largest absolute Gasteiger partial charge is 0.369 e. The highest BCUT2D eigenvalue weighted by atomic mass is 19.2. The van der Waals surface area contributed by atoms with Gasteiger partial charge in [0.15, 0.2) is 17.4 Å². The normalized spacial score (nSPS) is 12.2. The summed E-state index contributed by atoms with van der Waals surface area (Å²) in [7, 11) is 1.36. The van der Waals surface area contributed by atoms with E-state index < -0.39 is 23.5 Å². The van der Waals surface area contributed by atoms with Gasteiger partial charge in [-0.25, -0.2) is 8.78 Å². The number of methoxy groups -OCH3 is 1. The molecule has 0 saturated carbocycles. The van der Waals surface area contributed by atoms with Crippen molar-refractivity contribution in [3.8, 4) is 0 Å². The molecule has 4 heteroatoms. The van der Waals surface area contributed by atoms with Crippen molar-refractivity contribution < 1.29 is 18.3 Å². The van der Waals surface area contributed by atoms with Crippen LogP contribution in [-0.2, 0) is 4.74 Å². The second-order valence-electron chi connectivity index (χ2n) is 4.45. The smallest absolute Gasteiger partial charge is 0.199 e. The monoisotopic (exact) mass is 276 g/mol. The molecule has 0 amide bonds. The Morgan fingerprint density at radius 1 is 1.05 bits per heavy atom. The van der Waals surface area contributed by atoms with E-state index in [4.69, 9.17) is 4.74 Å². The number of ether oxygens (including phenoxy) is 1. The highest BCUT2D eigenvalue weighted by Gasteiger charge is 2.26. The van der Waals surface area contributed by atoms with Crippen molar-refractivity contribution in [1.29, 1.82) is 0 Å². The van der Waals surface area contributed by atoms with Gasteiger partial charge in [0.1, 0.15) is 6.10 Å². The number of ketones is 1. The van der Waals surface area contributed by atoms with Gasteiger partial charge in [0.05, 0.1) is 5.56 Å². The van der Waals surface area contributed by atoms with Crippen molar-refractivity contribution in [3.05, 3.63) is 70.8 Å². The lowest BCUT2D eigenvalue weighted by Gasteiger charge is -2.15. The molecule has 0 aliphatic rings. The lowest BCUT2D eigenvalue weighted by atomic mass is 9.98. The van der Waals surface area contributed by atoms with E-state index in [1.165, 1.54) is 26.2 Å². The molecule has 0 aliphatic heterocycles. The first kappa shape index (κ1) is 14.3. The third-order valence-electron chi connectivity index (χ3n) is 3.12. The quantitative estimate of drug-likeness (QED) is 0.793. The molecule has 0 saturated heterocycles. The molecular formula is C16H14F2O2.